The van der Waals surface area contributed by atoms with Crippen LogP contribution in [0.5, 0.6) is 5.75 Å². The van der Waals surface area contributed by atoms with Gasteiger partial charge in [-0.3, -0.25) is 14.6 Å². The van der Waals surface area contributed by atoms with Crippen LogP contribution in [0.4, 0.5) is 14.5 Å². The van der Waals surface area contributed by atoms with E-state index in [-0.39, 0.29) is 29.7 Å². The molecule has 2 saturated heterocycles. The molecule has 2 unspecified atom stereocenters. The van der Waals surface area contributed by atoms with Gasteiger partial charge in [-0.05, 0) is 44.0 Å². The third-order valence-corrected chi connectivity index (χ3v) is 5.04. The van der Waals surface area contributed by atoms with Crippen molar-refractivity contribution in [3.8, 4) is 5.75 Å². The summed E-state index contributed by atoms with van der Waals surface area (Å²) in [6.07, 6.45) is 2.83. The SMILES string of the molecule is CC1CCC(C(=O)Nc2ccnc(C(=O)NC3CNC3)c2)O1.COc1cccc(F)c1F. The van der Waals surface area contributed by atoms with E-state index in [2.05, 4.69) is 25.7 Å². The number of anilines is 1. The van der Waals surface area contributed by atoms with Crippen LogP contribution in [0.15, 0.2) is 36.5 Å². The van der Waals surface area contributed by atoms with Crippen LogP contribution in [-0.4, -0.2) is 55.2 Å². The molecule has 2 aliphatic heterocycles. The van der Waals surface area contributed by atoms with Crippen molar-refractivity contribution in [3.63, 3.8) is 0 Å². The summed E-state index contributed by atoms with van der Waals surface area (Å²) in [5.41, 5.74) is 0.852. The van der Waals surface area contributed by atoms with E-state index in [0.717, 1.165) is 32.0 Å². The lowest BCUT2D eigenvalue weighted by Crippen LogP contribution is -2.57. The fourth-order valence-electron chi connectivity index (χ4n) is 3.14. The summed E-state index contributed by atoms with van der Waals surface area (Å²) >= 11 is 0. The van der Waals surface area contributed by atoms with Gasteiger partial charge in [0.05, 0.1) is 19.3 Å². The van der Waals surface area contributed by atoms with Gasteiger partial charge < -0.3 is 25.4 Å². The summed E-state index contributed by atoms with van der Waals surface area (Å²) in [4.78, 5) is 28.2. The molecule has 32 heavy (non-hydrogen) atoms. The zero-order valence-corrected chi connectivity index (χ0v) is 17.9. The largest absolute Gasteiger partial charge is 0.494 e. The number of ether oxygens (including phenoxy) is 2. The van der Waals surface area contributed by atoms with Crippen LogP contribution < -0.4 is 20.7 Å². The van der Waals surface area contributed by atoms with Crippen molar-refractivity contribution in [2.24, 2.45) is 0 Å². The molecule has 1 aromatic heterocycles. The highest BCUT2D eigenvalue weighted by Gasteiger charge is 2.28. The fraction of sp³-hybridized carbons (Fsp3) is 0.409. The lowest BCUT2D eigenvalue weighted by atomic mass is 10.1. The smallest absolute Gasteiger partial charge is 0.270 e. The van der Waals surface area contributed by atoms with Crippen LogP contribution in [0.25, 0.3) is 0 Å². The Hall–Kier alpha value is -3.11. The molecule has 4 rings (SSSR count). The lowest BCUT2D eigenvalue weighted by molar-refractivity contribution is -0.126. The number of aromatic nitrogens is 1. The van der Waals surface area contributed by atoms with Crippen molar-refractivity contribution in [2.45, 2.75) is 38.0 Å². The van der Waals surface area contributed by atoms with E-state index < -0.39 is 17.7 Å². The predicted molar refractivity (Wildman–Crippen MR) is 113 cm³/mol. The van der Waals surface area contributed by atoms with Gasteiger partial charge in [0.25, 0.3) is 11.8 Å². The molecule has 1 aromatic carbocycles. The van der Waals surface area contributed by atoms with Gasteiger partial charge in [0, 0.05) is 25.0 Å². The van der Waals surface area contributed by atoms with Crippen molar-refractivity contribution in [1.29, 1.82) is 0 Å². The molecule has 10 heteroatoms. The molecule has 0 bridgehead atoms. The number of nitrogens with zero attached hydrogens (tertiary/aromatic N) is 1. The number of nitrogens with one attached hydrogen (secondary N) is 3. The molecule has 0 saturated carbocycles. The van der Waals surface area contributed by atoms with Gasteiger partial charge in [-0.25, -0.2) is 4.39 Å². The molecule has 2 atom stereocenters. The highest BCUT2D eigenvalue weighted by molar-refractivity contribution is 5.97. The number of carbonyl (C=O) groups is 2. The summed E-state index contributed by atoms with van der Waals surface area (Å²) < 4.78 is 34.9. The number of amides is 2. The molecule has 0 radical (unpaired) electrons. The average Bonchev–Trinajstić information content (AvgIpc) is 3.20. The second-order valence-electron chi connectivity index (χ2n) is 7.52. The Morgan fingerprint density at radius 3 is 2.59 bits per heavy atom. The molecule has 2 fully saturated rings. The summed E-state index contributed by atoms with van der Waals surface area (Å²) in [5.74, 6) is -2.30. The van der Waals surface area contributed by atoms with Crippen LogP contribution in [-0.2, 0) is 9.53 Å². The van der Waals surface area contributed by atoms with E-state index in [1.54, 1.807) is 12.1 Å². The highest BCUT2D eigenvalue weighted by atomic mass is 19.2. The van der Waals surface area contributed by atoms with E-state index in [0.29, 0.717) is 11.4 Å². The zero-order valence-electron chi connectivity index (χ0n) is 17.9. The number of halogens is 2. The molecule has 2 aromatic rings. The number of carbonyl (C=O) groups excluding carboxylic acids is 2. The molecule has 2 amide bonds. The van der Waals surface area contributed by atoms with E-state index in [1.807, 2.05) is 6.92 Å². The number of benzene rings is 1. The highest BCUT2D eigenvalue weighted by Crippen LogP contribution is 2.21. The first-order chi connectivity index (χ1) is 15.4. The minimum Gasteiger partial charge on any atom is -0.494 e. The van der Waals surface area contributed by atoms with Gasteiger partial charge in [0.1, 0.15) is 11.8 Å². The molecule has 172 valence electrons. The first kappa shape index (κ1) is 23.6. The Morgan fingerprint density at radius 1 is 1.22 bits per heavy atom. The van der Waals surface area contributed by atoms with E-state index in [1.165, 1.54) is 25.4 Å². The maximum absolute atomic E-state index is 12.5. The summed E-state index contributed by atoms with van der Waals surface area (Å²) in [6.45, 7) is 3.51. The van der Waals surface area contributed by atoms with Gasteiger partial charge in [0.2, 0.25) is 5.82 Å². The monoisotopic (exact) mass is 448 g/mol. The molecule has 0 spiro atoms. The first-order valence-electron chi connectivity index (χ1n) is 10.3. The Morgan fingerprint density at radius 2 is 2.00 bits per heavy atom. The second kappa shape index (κ2) is 11.0. The predicted octanol–water partition coefficient (Wildman–Crippen LogP) is 2.26. The Labute approximate surface area is 184 Å². The number of hydrogen-bond donors (Lipinski definition) is 3. The maximum Gasteiger partial charge on any atom is 0.270 e. The van der Waals surface area contributed by atoms with Crippen molar-refractivity contribution in [2.75, 3.05) is 25.5 Å². The Bertz CT molecular complexity index is 955. The van der Waals surface area contributed by atoms with Gasteiger partial charge in [-0.15, -0.1) is 0 Å². The molecular formula is C22H26F2N4O4. The molecular weight excluding hydrogens is 422 g/mol. The van der Waals surface area contributed by atoms with Gasteiger partial charge in [-0.1, -0.05) is 6.07 Å². The van der Waals surface area contributed by atoms with Crippen molar-refractivity contribution in [3.05, 3.63) is 53.9 Å². The molecule has 3 heterocycles. The molecule has 2 aliphatic rings. The van der Waals surface area contributed by atoms with Crippen LogP contribution in [0.3, 0.4) is 0 Å². The van der Waals surface area contributed by atoms with Crippen LogP contribution in [0.2, 0.25) is 0 Å². The van der Waals surface area contributed by atoms with E-state index in [4.69, 9.17) is 4.74 Å². The number of rotatable bonds is 5. The second-order valence-corrected chi connectivity index (χ2v) is 7.52. The van der Waals surface area contributed by atoms with Gasteiger partial charge in [-0.2, -0.15) is 4.39 Å². The summed E-state index contributed by atoms with van der Waals surface area (Å²) in [5, 5.41) is 8.74. The van der Waals surface area contributed by atoms with Gasteiger partial charge in [0.15, 0.2) is 11.6 Å². The minimum atomic E-state index is -0.940. The molecule has 8 nitrogen and oxygen atoms in total. The third-order valence-electron chi connectivity index (χ3n) is 5.04. The quantitative estimate of drug-likeness (QED) is 0.649. The lowest BCUT2D eigenvalue weighted by Gasteiger charge is -2.27. The van der Waals surface area contributed by atoms with Gasteiger partial charge >= 0.3 is 0 Å². The third kappa shape index (κ3) is 6.21. The maximum atomic E-state index is 12.5. The van der Waals surface area contributed by atoms with Crippen molar-refractivity contribution >= 4 is 17.5 Å². The van der Waals surface area contributed by atoms with E-state index in [9.17, 15) is 18.4 Å². The zero-order chi connectivity index (χ0) is 23.1. The topological polar surface area (TPSA) is 102 Å². The molecule has 0 aliphatic carbocycles. The van der Waals surface area contributed by atoms with Crippen molar-refractivity contribution < 1.29 is 27.8 Å². The Balaban J connectivity index is 0.000000243. The summed E-state index contributed by atoms with van der Waals surface area (Å²) in [6, 6.07) is 7.18. The van der Waals surface area contributed by atoms with Crippen LogP contribution >= 0.6 is 0 Å². The van der Waals surface area contributed by atoms with Crippen LogP contribution in [0.1, 0.15) is 30.3 Å². The number of hydrogen-bond acceptors (Lipinski definition) is 6. The first-order valence-corrected chi connectivity index (χ1v) is 10.3. The fourth-order valence-corrected chi connectivity index (χ4v) is 3.14. The summed E-state index contributed by atoms with van der Waals surface area (Å²) in [7, 11) is 1.29. The average molecular weight is 448 g/mol. The number of methoxy groups -OCH3 is 1. The van der Waals surface area contributed by atoms with E-state index >= 15 is 0 Å². The van der Waals surface area contributed by atoms with Crippen molar-refractivity contribution in [1.82, 2.24) is 15.6 Å². The normalized spacial score (nSPS) is 19.9. The minimum absolute atomic E-state index is 0.0694. The standard InChI is InChI=1S/C15H20N4O3.C7H6F2O/c1-9-2-3-13(22-9)15(21)18-10-4-5-17-12(6-10)14(20)19-11-7-16-8-11;1-10-6-4-2-3-5(8)7(6)9/h4-6,9,11,13,16H,2-3,7-8H2,1H3,(H,19,20)(H,17,18,21);2-4H,1H3. The Kier molecular flexibility index (Phi) is 8.07. The molecule has 3 N–H and O–H groups in total. The number of pyridine rings is 1. The van der Waals surface area contributed by atoms with Crippen LogP contribution in [0, 0.1) is 11.6 Å².